The van der Waals surface area contributed by atoms with E-state index < -0.39 is 0 Å². The van der Waals surface area contributed by atoms with Crippen molar-refractivity contribution in [2.45, 2.75) is 32.2 Å². The van der Waals surface area contributed by atoms with Crippen LogP contribution in [0, 0.1) is 17.8 Å². The number of hydrogen-bond donors (Lipinski definition) is 0. The summed E-state index contributed by atoms with van der Waals surface area (Å²) in [5.41, 5.74) is 3.95. The minimum absolute atomic E-state index is 0.0723. The number of allylic oxidation sites excluding steroid dienone is 2. The molecule has 2 saturated carbocycles. The van der Waals surface area contributed by atoms with Gasteiger partial charge in [0.25, 0.3) is 5.91 Å². The second-order valence-corrected chi connectivity index (χ2v) is 9.32. The molecule has 0 radical (unpaired) electrons. The molecule has 0 aromatic heterocycles. The van der Waals surface area contributed by atoms with E-state index in [9.17, 15) is 4.79 Å². The molecule has 1 aliphatic heterocycles. The Hall–Kier alpha value is -1.81. The van der Waals surface area contributed by atoms with E-state index in [4.69, 9.17) is 0 Å². The molecule has 1 aromatic rings. The quantitative estimate of drug-likeness (QED) is 0.682. The number of carbonyl (C=O) groups excluding carboxylic acids is 1. The Balaban J connectivity index is 1.34. The van der Waals surface area contributed by atoms with Gasteiger partial charge in [-0.3, -0.25) is 4.79 Å². The molecule has 3 atom stereocenters. The first kappa shape index (κ1) is 17.3. The largest absolute Gasteiger partial charge is 0.364 e. The Kier molecular flexibility index (Phi) is 3.91. The maximum Gasteiger partial charge on any atom is 0.257 e. The molecule has 1 heterocycles. The summed E-state index contributed by atoms with van der Waals surface area (Å²) in [4.78, 5) is 17.1. The number of carbonyl (C=O) groups is 1. The van der Waals surface area contributed by atoms with E-state index >= 15 is 0 Å². The summed E-state index contributed by atoms with van der Waals surface area (Å²) < 4.78 is 0.991. The predicted octanol–water partition coefficient (Wildman–Crippen LogP) is 4.98. The molecule has 1 aromatic carbocycles. The van der Waals surface area contributed by atoms with Crippen molar-refractivity contribution in [3.8, 4) is 0 Å². The van der Waals surface area contributed by atoms with Gasteiger partial charge in [0.15, 0.2) is 0 Å². The summed E-state index contributed by atoms with van der Waals surface area (Å²) in [6, 6.07) is 7.59. The first-order valence-corrected chi connectivity index (χ1v) is 10.7. The van der Waals surface area contributed by atoms with Crippen LogP contribution >= 0.6 is 15.9 Å². The Morgan fingerprint density at radius 1 is 1.15 bits per heavy atom. The van der Waals surface area contributed by atoms with Crippen LogP contribution in [0.15, 0.2) is 64.4 Å². The van der Waals surface area contributed by atoms with E-state index in [0.717, 1.165) is 29.0 Å². The highest BCUT2D eigenvalue weighted by atomic mass is 79.9. The molecular weight excluding hydrogens is 400 g/mol. The summed E-state index contributed by atoms with van der Waals surface area (Å²) >= 11 is 3.43. The Labute approximate surface area is 169 Å². The first-order valence-electron chi connectivity index (χ1n) is 9.94. The number of amides is 1. The number of rotatable bonds is 3. The molecule has 3 aliphatic carbocycles. The van der Waals surface area contributed by atoms with Gasteiger partial charge in [-0.2, -0.15) is 0 Å². The molecule has 4 aliphatic rings. The third-order valence-electron chi connectivity index (χ3n) is 6.90. The average molecular weight is 425 g/mol. The van der Waals surface area contributed by atoms with Crippen molar-refractivity contribution in [3.05, 3.63) is 70.0 Å². The van der Waals surface area contributed by atoms with Crippen molar-refractivity contribution in [2.75, 3.05) is 13.1 Å². The highest BCUT2D eigenvalue weighted by Gasteiger charge is 2.66. The van der Waals surface area contributed by atoms with Gasteiger partial charge in [-0.1, -0.05) is 35.0 Å². The zero-order valence-electron chi connectivity index (χ0n) is 15.9. The molecule has 3 unspecified atom stereocenters. The summed E-state index contributed by atoms with van der Waals surface area (Å²) in [6.45, 7) is 6.30. The number of hydrogen-bond acceptors (Lipinski definition) is 2. The summed E-state index contributed by atoms with van der Waals surface area (Å²) in [5.74, 6) is 2.16. The fraction of sp³-hybridized carbons (Fsp3) is 0.435. The standard InChI is InChI=1S/C23H25BrN2O/c1-15-13-19(17-3-4-17)14-21-16(2)23(15,21)26-11-9-25(10-12-26)22(27)18-5-7-20(24)8-6-18/h5-9,11,13-14,16-17,21H,3-4,10,12H2,1-2H3. The molecule has 0 bridgehead atoms. The Bertz CT molecular complexity index is 880. The molecule has 0 spiro atoms. The second kappa shape index (κ2) is 6.10. The lowest BCUT2D eigenvalue weighted by atomic mass is 9.91. The summed E-state index contributed by atoms with van der Waals surface area (Å²) in [6.07, 6.45) is 11.8. The van der Waals surface area contributed by atoms with Crippen molar-refractivity contribution >= 4 is 21.8 Å². The lowest BCUT2D eigenvalue weighted by Gasteiger charge is -2.39. The highest BCUT2D eigenvalue weighted by Crippen LogP contribution is 2.63. The van der Waals surface area contributed by atoms with Crippen LogP contribution in [0.5, 0.6) is 0 Å². The average Bonchev–Trinajstić information content (AvgIpc) is 3.59. The first-order chi connectivity index (χ1) is 13.0. The van der Waals surface area contributed by atoms with Gasteiger partial charge in [-0.25, -0.2) is 0 Å². The van der Waals surface area contributed by atoms with Crippen molar-refractivity contribution < 1.29 is 4.79 Å². The van der Waals surface area contributed by atoms with Gasteiger partial charge in [0, 0.05) is 41.4 Å². The molecule has 3 nitrogen and oxygen atoms in total. The highest BCUT2D eigenvalue weighted by molar-refractivity contribution is 9.10. The van der Waals surface area contributed by atoms with Crippen LogP contribution in [-0.4, -0.2) is 34.3 Å². The fourth-order valence-corrected chi connectivity index (χ4v) is 5.47. The Morgan fingerprint density at radius 2 is 1.89 bits per heavy atom. The van der Waals surface area contributed by atoms with Crippen molar-refractivity contribution in [2.24, 2.45) is 17.8 Å². The zero-order valence-corrected chi connectivity index (χ0v) is 17.4. The number of fused-ring (bicyclic) bond motifs is 1. The third kappa shape index (κ3) is 2.64. The van der Waals surface area contributed by atoms with E-state index in [0.29, 0.717) is 11.8 Å². The van der Waals surface area contributed by atoms with Crippen LogP contribution in [-0.2, 0) is 0 Å². The summed E-state index contributed by atoms with van der Waals surface area (Å²) in [7, 11) is 0. The van der Waals surface area contributed by atoms with Crippen LogP contribution < -0.4 is 0 Å². The molecule has 0 saturated heterocycles. The molecule has 0 N–H and O–H groups in total. The molecule has 5 rings (SSSR count). The van der Waals surface area contributed by atoms with Gasteiger partial charge in [0.05, 0.1) is 5.54 Å². The topological polar surface area (TPSA) is 23.6 Å². The van der Waals surface area contributed by atoms with Gasteiger partial charge >= 0.3 is 0 Å². The molecule has 27 heavy (non-hydrogen) atoms. The second-order valence-electron chi connectivity index (χ2n) is 8.41. The smallest absolute Gasteiger partial charge is 0.257 e. The number of nitrogens with zero attached hydrogens (tertiary/aromatic N) is 2. The van der Waals surface area contributed by atoms with E-state index in [-0.39, 0.29) is 11.4 Å². The molecule has 2 fully saturated rings. The van der Waals surface area contributed by atoms with Crippen LogP contribution in [0.3, 0.4) is 0 Å². The van der Waals surface area contributed by atoms with Crippen LogP contribution in [0.25, 0.3) is 0 Å². The fourth-order valence-electron chi connectivity index (χ4n) is 5.20. The van der Waals surface area contributed by atoms with Crippen molar-refractivity contribution in [3.63, 3.8) is 0 Å². The van der Waals surface area contributed by atoms with Gasteiger partial charge in [-0.15, -0.1) is 0 Å². The van der Waals surface area contributed by atoms with E-state index in [1.54, 1.807) is 5.57 Å². The third-order valence-corrected chi connectivity index (χ3v) is 7.43. The molecule has 1 amide bonds. The molecular formula is C23H25BrN2O. The van der Waals surface area contributed by atoms with Gasteiger partial charge in [0.1, 0.15) is 0 Å². The Morgan fingerprint density at radius 3 is 2.48 bits per heavy atom. The van der Waals surface area contributed by atoms with E-state index in [2.05, 4.69) is 53.0 Å². The van der Waals surface area contributed by atoms with Crippen LogP contribution in [0.2, 0.25) is 0 Å². The summed E-state index contributed by atoms with van der Waals surface area (Å²) in [5, 5.41) is 0. The number of benzene rings is 1. The maximum atomic E-state index is 12.8. The van der Waals surface area contributed by atoms with E-state index in [1.165, 1.54) is 18.4 Å². The van der Waals surface area contributed by atoms with Crippen LogP contribution in [0.1, 0.15) is 37.0 Å². The molecule has 140 valence electrons. The minimum atomic E-state index is 0.0723. The van der Waals surface area contributed by atoms with Gasteiger partial charge in [-0.05, 0) is 67.0 Å². The number of halogens is 1. The minimum Gasteiger partial charge on any atom is -0.364 e. The lowest BCUT2D eigenvalue weighted by molar-refractivity contribution is 0.0783. The van der Waals surface area contributed by atoms with E-state index in [1.807, 2.05) is 35.4 Å². The van der Waals surface area contributed by atoms with Crippen molar-refractivity contribution in [1.82, 2.24) is 9.80 Å². The predicted molar refractivity (Wildman–Crippen MR) is 111 cm³/mol. The van der Waals surface area contributed by atoms with Crippen LogP contribution in [0.4, 0.5) is 0 Å². The molecule has 4 heteroatoms. The van der Waals surface area contributed by atoms with Gasteiger partial charge < -0.3 is 9.80 Å². The lowest BCUT2D eigenvalue weighted by Crippen LogP contribution is -2.46. The normalized spacial score (nSPS) is 32.0. The van der Waals surface area contributed by atoms with Gasteiger partial charge in [0.2, 0.25) is 0 Å². The monoisotopic (exact) mass is 424 g/mol. The SMILES string of the molecule is CC1=CC(C2CC2)=CC2C(C)C12N1C=CN(C(=O)c2ccc(Br)cc2)CC1. The van der Waals surface area contributed by atoms with Crippen molar-refractivity contribution in [1.29, 1.82) is 0 Å². The maximum absolute atomic E-state index is 12.8. The zero-order chi connectivity index (χ0) is 18.8.